The van der Waals surface area contributed by atoms with E-state index in [1.54, 1.807) is 30.1 Å². The SMILES string of the molecule is CCS(=O)(=O)N1CC(CC#N)(n2cc(-c3ncnc4[nH]ccc34)c(C(=O)NC)n2)C1. The highest BCUT2D eigenvalue weighted by atomic mass is 32.2. The van der Waals surface area contributed by atoms with Gasteiger partial charge in [-0.15, -0.1) is 0 Å². The van der Waals surface area contributed by atoms with Crippen LogP contribution in [0.4, 0.5) is 0 Å². The normalized spacial score (nSPS) is 16.2. The Morgan fingerprint density at radius 3 is 2.83 bits per heavy atom. The number of fused-ring (bicyclic) bond motifs is 1. The average Bonchev–Trinajstić information content (AvgIpc) is 3.36. The van der Waals surface area contributed by atoms with Crippen LogP contribution in [0.3, 0.4) is 0 Å². The zero-order valence-corrected chi connectivity index (χ0v) is 17.3. The maximum absolute atomic E-state index is 12.5. The zero-order valence-electron chi connectivity index (χ0n) is 16.5. The van der Waals surface area contributed by atoms with Gasteiger partial charge in [-0.25, -0.2) is 18.4 Å². The van der Waals surface area contributed by atoms with E-state index in [1.165, 1.54) is 17.7 Å². The molecule has 0 aromatic carbocycles. The maximum Gasteiger partial charge on any atom is 0.272 e. The van der Waals surface area contributed by atoms with Gasteiger partial charge in [0.25, 0.3) is 5.91 Å². The van der Waals surface area contributed by atoms with Gasteiger partial charge in [0.2, 0.25) is 10.0 Å². The fourth-order valence-corrected chi connectivity index (χ4v) is 4.88. The van der Waals surface area contributed by atoms with Crippen LogP contribution < -0.4 is 5.32 Å². The molecule has 1 aliphatic heterocycles. The molecule has 11 nitrogen and oxygen atoms in total. The second kappa shape index (κ2) is 7.19. The summed E-state index contributed by atoms with van der Waals surface area (Å²) in [5, 5.41) is 17.1. The lowest BCUT2D eigenvalue weighted by Crippen LogP contribution is -2.64. The number of H-pyrrole nitrogens is 1. The largest absolute Gasteiger partial charge is 0.354 e. The number of carbonyl (C=O) groups excluding carboxylic acids is 1. The molecule has 1 amide bonds. The molecule has 4 rings (SSSR count). The van der Waals surface area contributed by atoms with Crippen LogP contribution in [0.15, 0.2) is 24.8 Å². The molecule has 12 heteroatoms. The van der Waals surface area contributed by atoms with E-state index in [2.05, 4.69) is 31.4 Å². The molecule has 3 aromatic rings. The molecular formula is C18H20N8O3S. The first-order chi connectivity index (χ1) is 14.3. The van der Waals surface area contributed by atoms with Gasteiger partial charge in [0.1, 0.15) is 17.5 Å². The highest BCUT2D eigenvalue weighted by Gasteiger charge is 2.50. The fraction of sp³-hybridized carbons (Fsp3) is 0.389. The van der Waals surface area contributed by atoms with Gasteiger partial charge in [-0.05, 0) is 13.0 Å². The van der Waals surface area contributed by atoms with Crippen LogP contribution in [0.5, 0.6) is 0 Å². The lowest BCUT2D eigenvalue weighted by molar-refractivity contribution is 0.0707. The van der Waals surface area contributed by atoms with E-state index in [0.29, 0.717) is 16.9 Å². The van der Waals surface area contributed by atoms with Gasteiger partial charge in [-0.2, -0.15) is 14.7 Å². The zero-order chi connectivity index (χ0) is 21.5. The number of amides is 1. The van der Waals surface area contributed by atoms with E-state index in [9.17, 15) is 18.5 Å². The summed E-state index contributed by atoms with van der Waals surface area (Å²) in [5.41, 5.74) is 0.924. The summed E-state index contributed by atoms with van der Waals surface area (Å²) in [6.07, 6.45) is 4.83. The van der Waals surface area contributed by atoms with Crippen molar-refractivity contribution in [3.8, 4) is 17.3 Å². The summed E-state index contributed by atoms with van der Waals surface area (Å²) in [6, 6.07) is 3.93. The number of aromatic nitrogens is 5. The molecule has 156 valence electrons. The Morgan fingerprint density at radius 2 is 2.17 bits per heavy atom. The monoisotopic (exact) mass is 428 g/mol. The molecule has 0 unspecified atom stereocenters. The van der Waals surface area contributed by atoms with Crippen molar-refractivity contribution in [3.63, 3.8) is 0 Å². The standard InChI is InChI=1S/C18H20N8O3S/c1-3-30(28,29)25-9-18(10-25,5-6-19)26-8-13(15(24-26)17(27)20-2)14-12-4-7-21-16(12)23-11-22-14/h4,7-8,11H,3,5,9-10H2,1-2H3,(H,20,27)(H,21,22,23). The molecule has 0 bridgehead atoms. The van der Waals surface area contributed by atoms with E-state index in [4.69, 9.17) is 0 Å². The number of nitrogens with zero attached hydrogens (tertiary/aromatic N) is 6. The number of sulfonamides is 1. The van der Waals surface area contributed by atoms with Crippen molar-refractivity contribution in [1.82, 2.24) is 34.4 Å². The van der Waals surface area contributed by atoms with E-state index in [1.807, 2.05) is 0 Å². The average molecular weight is 428 g/mol. The Morgan fingerprint density at radius 1 is 1.40 bits per heavy atom. The van der Waals surface area contributed by atoms with Gasteiger partial charge in [-0.1, -0.05) is 0 Å². The molecule has 0 aliphatic carbocycles. The highest BCUT2D eigenvalue weighted by molar-refractivity contribution is 7.89. The van der Waals surface area contributed by atoms with E-state index in [-0.39, 0.29) is 31.0 Å². The summed E-state index contributed by atoms with van der Waals surface area (Å²) in [4.78, 5) is 24.1. The van der Waals surface area contributed by atoms with Crippen molar-refractivity contribution in [2.45, 2.75) is 18.9 Å². The van der Waals surface area contributed by atoms with Crippen LogP contribution in [-0.2, 0) is 15.6 Å². The quantitative estimate of drug-likeness (QED) is 0.579. The minimum Gasteiger partial charge on any atom is -0.354 e. The van der Waals surface area contributed by atoms with Crippen molar-refractivity contribution < 1.29 is 13.2 Å². The number of hydrogen-bond acceptors (Lipinski definition) is 7. The van der Waals surface area contributed by atoms with E-state index in [0.717, 1.165) is 5.39 Å². The van der Waals surface area contributed by atoms with E-state index >= 15 is 0 Å². The van der Waals surface area contributed by atoms with Gasteiger partial charge in [-0.3, -0.25) is 9.48 Å². The molecule has 4 heterocycles. The number of aromatic amines is 1. The van der Waals surface area contributed by atoms with E-state index < -0.39 is 21.5 Å². The minimum absolute atomic E-state index is 0.0180. The summed E-state index contributed by atoms with van der Waals surface area (Å²) in [7, 11) is -1.88. The maximum atomic E-state index is 12.5. The Labute approximate surface area is 172 Å². The first-order valence-electron chi connectivity index (χ1n) is 9.30. The Balaban J connectivity index is 1.83. The fourth-order valence-electron chi connectivity index (χ4n) is 3.64. The third-order valence-electron chi connectivity index (χ3n) is 5.36. The predicted octanol–water partition coefficient (Wildman–Crippen LogP) is 0.455. The third-order valence-corrected chi connectivity index (χ3v) is 7.13. The Bertz CT molecular complexity index is 1260. The molecule has 1 aliphatic rings. The van der Waals surface area contributed by atoms with Crippen molar-refractivity contribution >= 4 is 27.0 Å². The first-order valence-corrected chi connectivity index (χ1v) is 10.9. The molecular weight excluding hydrogens is 408 g/mol. The number of carbonyl (C=O) groups is 1. The lowest BCUT2D eigenvalue weighted by atomic mass is 9.89. The molecule has 2 N–H and O–H groups in total. The predicted molar refractivity (Wildman–Crippen MR) is 108 cm³/mol. The molecule has 0 saturated carbocycles. The number of rotatable bonds is 6. The van der Waals surface area contributed by atoms with Crippen LogP contribution in [0, 0.1) is 11.3 Å². The van der Waals surface area contributed by atoms with Crippen LogP contribution in [0.1, 0.15) is 23.8 Å². The van der Waals surface area contributed by atoms with Crippen LogP contribution in [0.25, 0.3) is 22.3 Å². The van der Waals surface area contributed by atoms with Gasteiger partial charge in [0.05, 0.1) is 29.5 Å². The summed E-state index contributed by atoms with van der Waals surface area (Å²) < 4.78 is 27.3. The smallest absolute Gasteiger partial charge is 0.272 e. The van der Waals surface area contributed by atoms with Crippen LogP contribution >= 0.6 is 0 Å². The molecule has 1 saturated heterocycles. The number of nitrogens with one attached hydrogen (secondary N) is 2. The van der Waals surface area contributed by atoms with Gasteiger partial charge in [0.15, 0.2) is 5.69 Å². The van der Waals surface area contributed by atoms with Crippen molar-refractivity contribution in [1.29, 1.82) is 5.26 Å². The summed E-state index contributed by atoms with van der Waals surface area (Å²) in [5.74, 6) is -0.425. The molecule has 0 atom stereocenters. The molecule has 30 heavy (non-hydrogen) atoms. The number of nitriles is 1. The molecule has 0 spiro atoms. The number of hydrogen-bond donors (Lipinski definition) is 2. The third kappa shape index (κ3) is 3.03. The second-order valence-electron chi connectivity index (χ2n) is 7.11. The molecule has 0 radical (unpaired) electrons. The first kappa shape index (κ1) is 20.0. The Kier molecular flexibility index (Phi) is 4.79. The summed E-state index contributed by atoms with van der Waals surface area (Å²) >= 11 is 0. The Hall–Kier alpha value is -3.30. The van der Waals surface area contributed by atoms with Crippen LogP contribution in [-0.4, -0.2) is 69.3 Å². The minimum atomic E-state index is -3.38. The second-order valence-corrected chi connectivity index (χ2v) is 9.36. The van der Waals surface area contributed by atoms with Gasteiger partial charge >= 0.3 is 0 Å². The topological polar surface area (TPSA) is 150 Å². The highest BCUT2D eigenvalue weighted by Crippen LogP contribution is 2.37. The van der Waals surface area contributed by atoms with Crippen LogP contribution in [0.2, 0.25) is 0 Å². The van der Waals surface area contributed by atoms with Crippen molar-refractivity contribution in [2.75, 3.05) is 25.9 Å². The summed E-state index contributed by atoms with van der Waals surface area (Å²) in [6.45, 7) is 1.81. The van der Waals surface area contributed by atoms with Gasteiger partial charge in [0, 0.05) is 37.9 Å². The van der Waals surface area contributed by atoms with Crippen molar-refractivity contribution in [2.24, 2.45) is 0 Å². The molecule has 1 fully saturated rings. The molecule has 3 aromatic heterocycles. The van der Waals surface area contributed by atoms with Crippen molar-refractivity contribution in [3.05, 3.63) is 30.5 Å². The lowest BCUT2D eigenvalue weighted by Gasteiger charge is -2.47. The van der Waals surface area contributed by atoms with Gasteiger partial charge < -0.3 is 10.3 Å².